The summed E-state index contributed by atoms with van der Waals surface area (Å²) < 4.78 is 7.60. The Morgan fingerprint density at radius 3 is 2.52 bits per heavy atom. The maximum absolute atomic E-state index is 13.5. The quantitative estimate of drug-likeness (QED) is 0.605. The van der Waals surface area contributed by atoms with E-state index in [9.17, 15) is 9.59 Å². The minimum atomic E-state index is -0.403. The van der Waals surface area contributed by atoms with Gasteiger partial charge in [0.25, 0.3) is 11.8 Å². The summed E-state index contributed by atoms with van der Waals surface area (Å²) in [6.45, 7) is 4.41. The zero-order chi connectivity index (χ0) is 22.9. The summed E-state index contributed by atoms with van der Waals surface area (Å²) in [6.07, 6.45) is 1.21. The van der Waals surface area contributed by atoms with Gasteiger partial charge in [0.2, 0.25) is 0 Å². The highest BCUT2D eigenvalue weighted by atomic mass is 16.5. The van der Waals surface area contributed by atoms with Gasteiger partial charge in [-0.15, -0.1) is 0 Å². The molecule has 2 aliphatic heterocycles. The lowest BCUT2D eigenvalue weighted by Gasteiger charge is -2.34. The number of nitrogens with zero attached hydrogens (tertiary/aromatic N) is 6. The molecule has 1 aromatic carbocycles. The summed E-state index contributed by atoms with van der Waals surface area (Å²) in [6, 6.07) is 11.3. The molecule has 0 N–H and O–H groups in total. The zero-order valence-electron chi connectivity index (χ0n) is 19.0. The van der Waals surface area contributed by atoms with Gasteiger partial charge in [0.15, 0.2) is 0 Å². The number of piperazine rings is 1. The van der Waals surface area contributed by atoms with Crippen LogP contribution in [0.3, 0.4) is 0 Å². The Morgan fingerprint density at radius 1 is 0.970 bits per heavy atom. The summed E-state index contributed by atoms with van der Waals surface area (Å²) in [7, 11) is 3.83. The molecule has 0 radical (unpaired) electrons. The molecule has 0 saturated carbocycles. The summed E-state index contributed by atoms with van der Waals surface area (Å²) in [5.41, 5.74) is 2.60. The first kappa shape index (κ1) is 21.5. The number of likely N-dealkylation sites (N-methyl/N-ethyl adjacent to an activating group) is 1. The van der Waals surface area contributed by atoms with Gasteiger partial charge in [-0.25, -0.2) is 4.98 Å². The molecule has 33 heavy (non-hydrogen) atoms. The summed E-state index contributed by atoms with van der Waals surface area (Å²) in [4.78, 5) is 37.2. The van der Waals surface area contributed by atoms with Crippen LogP contribution >= 0.6 is 0 Å². The van der Waals surface area contributed by atoms with Crippen LogP contribution in [0.15, 0.2) is 42.6 Å². The molecule has 1 atom stereocenters. The number of pyridine rings is 1. The summed E-state index contributed by atoms with van der Waals surface area (Å²) >= 11 is 0. The van der Waals surface area contributed by atoms with Gasteiger partial charge in [-0.1, -0.05) is 18.2 Å². The highest BCUT2D eigenvalue weighted by molar-refractivity contribution is 6.06. The first-order valence-corrected chi connectivity index (χ1v) is 11.3. The second kappa shape index (κ2) is 8.92. The Hall–Kier alpha value is -3.30. The largest absolute Gasteiger partial charge is 0.368 e. The van der Waals surface area contributed by atoms with E-state index < -0.39 is 6.10 Å². The van der Waals surface area contributed by atoms with E-state index >= 15 is 0 Å². The Balaban J connectivity index is 1.45. The van der Waals surface area contributed by atoms with Gasteiger partial charge in [-0.05, 0) is 25.2 Å². The van der Waals surface area contributed by atoms with Crippen LogP contribution in [-0.4, -0.2) is 94.2 Å². The lowest BCUT2D eigenvalue weighted by Crippen LogP contribution is -2.47. The van der Waals surface area contributed by atoms with Crippen molar-refractivity contribution in [3.8, 4) is 0 Å². The van der Waals surface area contributed by atoms with Crippen LogP contribution in [-0.2, 0) is 11.8 Å². The van der Waals surface area contributed by atoms with E-state index in [4.69, 9.17) is 9.72 Å². The molecule has 5 rings (SSSR count). The number of benzene rings is 1. The highest BCUT2D eigenvalue weighted by Gasteiger charge is 2.30. The lowest BCUT2D eigenvalue weighted by atomic mass is 10.0. The van der Waals surface area contributed by atoms with Crippen molar-refractivity contribution in [3.63, 3.8) is 0 Å². The van der Waals surface area contributed by atoms with Crippen molar-refractivity contribution in [1.29, 1.82) is 0 Å². The number of hydrogen-bond acceptors (Lipinski definition) is 6. The standard InChI is InChI=1S/C24H28N6O3/c1-27-9-11-29(12-10-27)23(31)18-15-20(26-19-6-4-3-5-17(18)19)22-16-30(13-14-33-22)24(32)21-7-8-25-28(21)2/h3-8,15,22H,9-14,16H2,1-2H3/t22-/m1/s1. The molecular formula is C24H28N6O3. The fourth-order valence-corrected chi connectivity index (χ4v) is 4.48. The van der Waals surface area contributed by atoms with Crippen molar-refractivity contribution in [2.45, 2.75) is 6.10 Å². The van der Waals surface area contributed by atoms with E-state index in [0.717, 1.165) is 24.0 Å². The molecule has 2 aliphatic rings. The predicted molar refractivity (Wildman–Crippen MR) is 123 cm³/mol. The first-order valence-electron chi connectivity index (χ1n) is 11.3. The van der Waals surface area contributed by atoms with Crippen LogP contribution in [0, 0.1) is 0 Å². The van der Waals surface area contributed by atoms with Crippen LogP contribution in [0.2, 0.25) is 0 Å². The van der Waals surface area contributed by atoms with E-state index in [-0.39, 0.29) is 11.8 Å². The van der Waals surface area contributed by atoms with Crippen LogP contribution in [0.5, 0.6) is 0 Å². The van der Waals surface area contributed by atoms with Crippen LogP contribution in [0.1, 0.15) is 32.6 Å². The Labute approximate surface area is 192 Å². The van der Waals surface area contributed by atoms with Crippen LogP contribution < -0.4 is 0 Å². The average molecular weight is 449 g/mol. The van der Waals surface area contributed by atoms with Gasteiger partial charge in [-0.2, -0.15) is 5.10 Å². The Bertz CT molecular complexity index is 1180. The molecule has 4 heterocycles. The predicted octanol–water partition coefficient (Wildman–Crippen LogP) is 1.57. The molecule has 3 aromatic rings. The monoisotopic (exact) mass is 448 g/mol. The number of carbonyl (C=O) groups is 2. The highest BCUT2D eigenvalue weighted by Crippen LogP contribution is 2.27. The molecule has 0 bridgehead atoms. The lowest BCUT2D eigenvalue weighted by molar-refractivity contribution is -0.0249. The van der Waals surface area contributed by atoms with Crippen molar-refractivity contribution in [2.75, 3.05) is 52.9 Å². The molecule has 2 amide bonds. The molecule has 2 fully saturated rings. The van der Waals surface area contributed by atoms with Crippen molar-refractivity contribution < 1.29 is 14.3 Å². The van der Waals surface area contributed by atoms with Crippen molar-refractivity contribution in [3.05, 3.63) is 59.5 Å². The topological polar surface area (TPSA) is 83.8 Å². The molecule has 9 heteroatoms. The van der Waals surface area contributed by atoms with Gasteiger partial charge in [0.05, 0.1) is 29.9 Å². The van der Waals surface area contributed by atoms with Crippen LogP contribution in [0.4, 0.5) is 0 Å². The van der Waals surface area contributed by atoms with E-state index in [1.807, 2.05) is 35.2 Å². The second-order valence-corrected chi connectivity index (χ2v) is 8.66. The Kier molecular flexibility index (Phi) is 5.82. The maximum atomic E-state index is 13.5. The average Bonchev–Trinajstić information content (AvgIpc) is 3.28. The first-order chi connectivity index (χ1) is 16.0. The summed E-state index contributed by atoms with van der Waals surface area (Å²) in [5, 5.41) is 4.94. The van der Waals surface area contributed by atoms with Crippen molar-refractivity contribution in [2.24, 2.45) is 7.05 Å². The Morgan fingerprint density at radius 2 is 1.76 bits per heavy atom. The third-order valence-corrected chi connectivity index (χ3v) is 6.48. The third-order valence-electron chi connectivity index (χ3n) is 6.48. The molecule has 172 valence electrons. The second-order valence-electron chi connectivity index (χ2n) is 8.66. The molecule has 9 nitrogen and oxygen atoms in total. The van der Waals surface area contributed by atoms with E-state index in [1.165, 1.54) is 0 Å². The molecule has 2 saturated heterocycles. The van der Waals surface area contributed by atoms with Crippen LogP contribution in [0.25, 0.3) is 10.9 Å². The van der Waals surface area contributed by atoms with Gasteiger partial charge >= 0.3 is 0 Å². The SMILES string of the molecule is CN1CCN(C(=O)c2cc([C@H]3CN(C(=O)c4ccnn4C)CCO3)nc3ccccc23)CC1. The fourth-order valence-electron chi connectivity index (χ4n) is 4.48. The van der Waals surface area contributed by atoms with E-state index in [0.29, 0.717) is 49.7 Å². The number of carbonyl (C=O) groups excluding carboxylic acids is 2. The van der Waals surface area contributed by atoms with Gasteiger partial charge in [-0.3, -0.25) is 14.3 Å². The number of fused-ring (bicyclic) bond motifs is 1. The molecule has 0 unspecified atom stereocenters. The molecule has 0 spiro atoms. The number of amides is 2. The number of aromatic nitrogens is 3. The number of aryl methyl sites for hydroxylation is 1. The van der Waals surface area contributed by atoms with Crippen molar-refractivity contribution >= 4 is 22.7 Å². The van der Waals surface area contributed by atoms with Gasteiger partial charge < -0.3 is 19.4 Å². The molecule has 0 aliphatic carbocycles. The van der Waals surface area contributed by atoms with Gasteiger partial charge in [0, 0.05) is 51.4 Å². The number of hydrogen-bond donors (Lipinski definition) is 0. The van der Waals surface area contributed by atoms with Crippen molar-refractivity contribution in [1.82, 2.24) is 29.5 Å². The minimum Gasteiger partial charge on any atom is -0.368 e. The number of para-hydroxylation sites is 1. The normalized spacial score (nSPS) is 19.8. The summed E-state index contributed by atoms with van der Waals surface area (Å²) in [5.74, 6) is -0.0700. The molecule has 2 aromatic heterocycles. The zero-order valence-corrected chi connectivity index (χ0v) is 19.0. The maximum Gasteiger partial charge on any atom is 0.272 e. The smallest absolute Gasteiger partial charge is 0.272 e. The minimum absolute atomic E-state index is 0.0153. The number of ether oxygens (including phenoxy) is 1. The fraction of sp³-hybridized carbons (Fsp3) is 0.417. The number of rotatable bonds is 3. The third kappa shape index (κ3) is 4.21. The number of morpholine rings is 1. The van der Waals surface area contributed by atoms with E-state index in [2.05, 4.69) is 17.0 Å². The molecular weight excluding hydrogens is 420 g/mol. The van der Waals surface area contributed by atoms with Gasteiger partial charge in [0.1, 0.15) is 11.8 Å². The van der Waals surface area contributed by atoms with E-state index in [1.54, 1.807) is 28.9 Å².